The van der Waals surface area contributed by atoms with Gasteiger partial charge in [-0.25, -0.2) is 0 Å². The molecule has 6 rings (SSSR count). The van der Waals surface area contributed by atoms with Crippen LogP contribution in [0.4, 0.5) is 0 Å². The van der Waals surface area contributed by atoms with E-state index in [2.05, 4.69) is 24.3 Å². The van der Waals surface area contributed by atoms with E-state index in [0.717, 1.165) is 36.8 Å². The van der Waals surface area contributed by atoms with Crippen LogP contribution in [-0.2, 0) is 38.3 Å². The molecular weight excluding hydrogens is 448 g/mol. The Bertz CT molecular complexity index is 1220. The molecule has 0 saturated heterocycles. The van der Waals surface area contributed by atoms with Crippen molar-refractivity contribution < 1.29 is 19.1 Å². The van der Waals surface area contributed by atoms with E-state index in [1.54, 1.807) is 0 Å². The van der Waals surface area contributed by atoms with Gasteiger partial charge in [0.2, 0.25) is 0 Å². The van der Waals surface area contributed by atoms with Crippen LogP contribution in [0.25, 0.3) is 0 Å². The first-order chi connectivity index (χ1) is 17.6. The molecule has 0 spiro atoms. The van der Waals surface area contributed by atoms with E-state index >= 15 is 0 Å². The Hall–Kier alpha value is -3.40. The van der Waals surface area contributed by atoms with Gasteiger partial charge >= 0.3 is 11.9 Å². The lowest BCUT2D eigenvalue weighted by Gasteiger charge is -2.33. The number of fused-ring (bicyclic) bond motifs is 5. The lowest BCUT2D eigenvalue weighted by atomic mass is 9.80. The van der Waals surface area contributed by atoms with E-state index in [0.29, 0.717) is 11.8 Å². The molecule has 3 aromatic rings. The highest BCUT2D eigenvalue weighted by molar-refractivity contribution is 5.74. The SMILES string of the molecule is O=C(Cc1ccccc1)O[C@@H]1C2CC3Cc4ccccc4C3CC(C2)[C@@H]1OC(=O)Cc1ccccc1. The van der Waals surface area contributed by atoms with Crippen LogP contribution in [0.2, 0.25) is 0 Å². The topological polar surface area (TPSA) is 52.6 Å². The number of hydrogen-bond acceptors (Lipinski definition) is 4. The van der Waals surface area contributed by atoms with Crippen LogP contribution in [-0.4, -0.2) is 24.1 Å². The molecule has 6 atom stereocenters. The van der Waals surface area contributed by atoms with Crippen molar-refractivity contribution in [1.29, 1.82) is 0 Å². The Kier molecular flexibility index (Phi) is 6.35. The summed E-state index contributed by atoms with van der Waals surface area (Å²) in [6.07, 6.45) is 3.72. The van der Waals surface area contributed by atoms with Gasteiger partial charge in [0.15, 0.2) is 0 Å². The minimum Gasteiger partial charge on any atom is -0.458 e. The van der Waals surface area contributed by atoms with Crippen molar-refractivity contribution in [1.82, 2.24) is 0 Å². The van der Waals surface area contributed by atoms with Gasteiger partial charge in [-0.3, -0.25) is 9.59 Å². The van der Waals surface area contributed by atoms with Crippen LogP contribution in [0.15, 0.2) is 84.9 Å². The number of esters is 2. The molecule has 4 unspecified atom stereocenters. The maximum Gasteiger partial charge on any atom is 0.310 e. The monoisotopic (exact) mass is 480 g/mol. The molecule has 36 heavy (non-hydrogen) atoms. The zero-order valence-electron chi connectivity index (χ0n) is 20.4. The molecule has 3 aliphatic carbocycles. The van der Waals surface area contributed by atoms with Crippen molar-refractivity contribution in [2.24, 2.45) is 17.8 Å². The van der Waals surface area contributed by atoms with E-state index in [4.69, 9.17) is 9.47 Å². The van der Waals surface area contributed by atoms with Crippen molar-refractivity contribution in [2.45, 2.75) is 56.7 Å². The molecule has 3 aliphatic rings. The Morgan fingerprint density at radius 1 is 0.611 bits per heavy atom. The van der Waals surface area contributed by atoms with Gasteiger partial charge in [-0.05, 0) is 59.8 Å². The van der Waals surface area contributed by atoms with Gasteiger partial charge in [-0.15, -0.1) is 0 Å². The maximum atomic E-state index is 13.0. The number of hydrogen-bond donors (Lipinski definition) is 0. The highest BCUT2D eigenvalue weighted by Gasteiger charge is 2.53. The average molecular weight is 481 g/mol. The predicted molar refractivity (Wildman–Crippen MR) is 137 cm³/mol. The normalized spacial score (nSPS) is 28.0. The van der Waals surface area contributed by atoms with Crippen molar-refractivity contribution in [3.05, 3.63) is 107 Å². The van der Waals surface area contributed by atoms with Crippen molar-refractivity contribution in [3.8, 4) is 0 Å². The van der Waals surface area contributed by atoms with Gasteiger partial charge < -0.3 is 9.47 Å². The second kappa shape index (κ2) is 9.93. The van der Waals surface area contributed by atoms with Crippen LogP contribution in [0.5, 0.6) is 0 Å². The summed E-state index contributed by atoms with van der Waals surface area (Å²) in [4.78, 5) is 26.0. The molecule has 0 radical (unpaired) electrons. The average Bonchev–Trinajstić information content (AvgIpc) is 3.30. The van der Waals surface area contributed by atoms with Crippen LogP contribution >= 0.6 is 0 Å². The molecule has 2 bridgehead atoms. The molecule has 4 nitrogen and oxygen atoms in total. The summed E-state index contributed by atoms with van der Waals surface area (Å²) in [6.45, 7) is 0. The molecular formula is C32H32O4. The summed E-state index contributed by atoms with van der Waals surface area (Å²) in [5, 5.41) is 0. The highest BCUT2D eigenvalue weighted by Crippen LogP contribution is 2.54. The molecule has 0 amide bonds. The third-order valence-corrected chi connectivity index (χ3v) is 8.44. The number of carbonyl (C=O) groups excluding carboxylic acids is 2. The van der Waals surface area contributed by atoms with E-state index in [1.807, 2.05) is 60.7 Å². The third kappa shape index (κ3) is 4.69. The lowest BCUT2D eigenvalue weighted by molar-refractivity contribution is -0.170. The summed E-state index contributed by atoms with van der Waals surface area (Å²) >= 11 is 0. The van der Waals surface area contributed by atoms with Crippen molar-refractivity contribution in [3.63, 3.8) is 0 Å². The third-order valence-electron chi connectivity index (χ3n) is 8.44. The van der Waals surface area contributed by atoms with Crippen molar-refractivity contribution >= 4 is 11.9 Å². The minimum absolute atomic E-state index is 0.199. The molecule has 0 aliphatic heterocycles. The van der Waals surface area contributed by atoms with Gasteiger partial charge in [-0.2, -0.15) is 0 Å². The van der Waals surface area contributed by atoms with Gasteiger partial charge in [0.1, 0.15) is 12.2 Å². The zero-order valence-corrected chi connectivity index (χ0v) is 20.4. The van der Waals surface area contributed by atoms with Gasteiger partial charge in [0.25, 0.3) is 0 Å². The van der Waals surface area contributed by atoms with Crippen LogP contribution in [0, 0.1) is 17.8 Å². The molecule has 0 aromatic heterocycles. The maximum absolute atomic E-state index is 13.0. The minimum atomic E-state index is -0.389. The molecule has 0 heterocycles. The van der Waals surface area contributed by atoms with Gasteiger partial charge in [0.05, 0.1) is 12.8 Å². The smallest absolute Gasteiger partial charge is 0.310 e. The van der Waals surface area contributed by atoms with E-state index in [1.165, 1.54) is 11.1 Å². The molecule has 4 heteroatoms. The first-order valence-corrected chi connectivity index (χ1v) is 13.2. The number of benzene rings is 3. The fourth-order valence-corrected chi connectivity index (χ4v) is 6.94. The Morgan fingerprint density at radius 2 is 1.11 bits per heavy atom. The lowest BCUT2D eigenvalue weighted by Crippen LogP contribution is -2.40. The van der Waals surface area contributed by atoms with Crippen molar-refractivity contribution in [2.75, 3.05) is 0 Å². The van der Waals surface area contributed by atoms with Crippen LogP contribution < -0.4 is 0 Å². The second-order valence-corrected chi connectivity index (χ2v) is 10.7. The number of carbonyl (C=O) groups is 2. The molecule has 0 N–H and O–H groups in total. The van der Waals surface area contributed by atoms with Crippen LogP contribution in [0.3, 0.4) is 0 Å². The Balaban J connectivity index is 1.23. The highest BCUT2D eigenvalue weighted by atomic mass is 16.6. The second-order valence-electron chi connectivity index (χ2n) is 10.7. The molecule has 2 saturated carbocycles. The quantitative estimate of drug-likeness (QED) is 0.426. The summed E-state index contributed by atoms with van der Waals surface area (Å²) in [5.41, 5.74) is 4.78. The summed E-state index contributed by atoms with van der Waals surface area (Å²) in [6, 6.07) is 28.2. The fraction of sp³-hybridized carbons (Fsp3) is 0.375. The molecule has 184 valence electrons. The van der Waals surface area contributed by atoms with E-state index in [9.17, 15) is 9.59 Å². The number of rotatable bonds is 6. The van der Waals surface area contributed by atoms with E-state index in [-0.39, 0.29) is 48.8 Å². The predicted octanol–water partition coefficient (Wildman–Crippen LogP) is 5.68. The fourth-order valence-electron chi connectivity index (χ4n) is 6.94. The van der Waals surface area contributed by atoms with Crippen LogP contribution in [0.1, 0.15) is 47.4 Å². The molecule has 3 aromatic carbocycles. The summed E-state index contributed by atoms with van der Waals surface area (Å²) in [7, 11) is 0. The first kappa shape index (κ1) is 23.0. The summed E-state index contributed by atoms with van der Waals surface area (Å²) in [5.74, 6) is 0.984. The molecule has 2 fully saturated rings. The summed E-state index contributed by atoms with van der Waals surface area (Å²) < 4.78 is 12.3. The van der Waals surface area contributed by atoms with Gasteiger partial charge in [0, 0.05) is 11.8 Å². The number of ether oxygens (including phenoxy) is 2. The zero-order chi connectivity index (χ0) is 24.5. The Morgan fingerprint density at radius 3 is 1.72 bits per heavy atom. The first-order valence-electron chi connectivity index (χ1n) is 13.2. The largest absolute Gasteiger partial charge is 0.458 e. The van der Waals surface area contributed by atoms with E-state index < -0.39 is 0 Å². The Labute approximate surface area is 212 Å². The standard InChI is InChI=1S/C32H32O4/c33-29(15-21-9-3-1-4-10-21)35-31-25-18-24-17-23-13-7-8-14-27(23)28(24)20-26(19-25)32(31)36-30(34)16-22-11-5-2-6-12-22/h1-14,24-26,28,31-32H,15-20H2/t24?,25?,26?,28?,31-,32+/m1/s1. The van der Waals surface area contributed by atoms with Gasteiger partial charge in [-0.1, -0.05) is 84.9 Å².